The van der Waals surface area contributed by atoms with Gasteiger partial charge < -0.3 is 9.32 Å². The van der Waals surface area contributed by atoms with Crippen molar-refractivity contribution in [3.63, 3.8) is 0 Å². The lowest BCUT2D eigenvalue weighted by Crippen LogP contribution is -2.47. The second kappa shape index (κ2) is 5.63. The van der Waals surface area contributed by atoms with Gasteiger partial charge in [-0.05, 0) is 19.1 Å². The second-order valence-corrected chi connectivity index (χ2v) is 5.19. The van der Waals surface area contributed by atoms with Crippen molar-refractivity contribution >= 4 is 5.69 Å². The molecule has 1 saturated heterocycles. The van der Waals surface area contributed by atoms with Crippen LogP contribution in [0.15, 0.2) is 34.7 Å². The molecule has 1 atom stereocenters. The molecule has 0 bridgehead atoms. The van der Waals surface area contributed by atoms with E-state index in [-0.39, 0.29) is 6.04 Å². The Bertz CT molecular complexity index is 546. The van der Waals surface area contributed by atoms with Crippen molar-refractivity contribution in [3.8, 4) is 0 Å². The minimum absolute atomic E-state index is 0.189. The Hall–Kier alpha value is -1.88. The summed E-state index contributed by atoms with van der Waals surface area (Å²) in [6.07, 6.45) is 0. The molecule has 106 valence electrons. The fraction of sp³-hybridized carbons (Fsp3) is 0.467. The molecule has 5 nitrogen and oxygen atoms in total. The summed E-state index contributed by atoms with van der Waals surface area (Å²) in [5.74, 6) is 1.35. The third kappa shape index (κ3) is 2.67. The summed E-state index contributed by atoms with van der Waals surface area (Å²) in [4.78, 5) is 4.81. The molecule has 5 heteroatoms. The molecule has 0 aliphatic carbocycles. The van der Waals surface area contributed by atoms with Crippen molar-refractivity contribution in [2.75, 3.05) is 31.1 Å². The standard InChI is InChI=1S/C15H20N4O/c1-12(15-17-16-13(2)20-15)18-8-10-19(11-9-18)14-6-4-3-5-7-14/h3-7,12H,8-11H2,1-2H3/t12-/m0/s1. The number of anilines is 1. The van der Waals surface area contributed by atoms with Crippen LogP contribution in [0.4, 0.5) is 5.69 Å². The highest BCUT2D eigenvalue weighted by Crippen LogP contribution is 2.22. The molecule has 20 heavy (non-hydrogen) atoms. The zero-order chi connectivity index (χ0) is 13.9. The molecule has 1 aromatic heterocycles. The van der Waals surface area contributed by atoms with E-state index in [0.717, 1.165) is 32.1 Å². The maximum Gasteiger partial charge on any atom is 0.233 e. The number of aromatic nitrogens is 2. The topological polar surface area (TPSA) is 45.4 Å². The van der Waals surface area contributed by atoms with Gasteiger partial charge in [-0.15, -0.1) is 10.2 Å². The van der Waals surface area contributed by atoms with Crippen LogP contribution < -0.4 is 4.90 Å². The predicted molar refractivity (Wildman–Crippen MR) is 77.7 cm³/mol. The molecule has 1 fully saturated rings. The number of piperazine rings is 1. The van der Waals surface area contributed by atoms with Gasteiger partial charge >= 0.3 is 0 Å². The number of hydrogen-bond acceptors (Lipinski definition) is 5. The molecule has 2 aromatic rings. The Labute approximate surface area is 119 Å². The van der Waals surface area contributed by atoms with Gasteiger partial charge in [0.2, 0.25) is 11.8 Å². The van der Waals surface area contributed by atoms with Crippen LogP contribution >= 0.6 is 0 Å². The Kier molecular flexibility index (Phi) is 3.69. The predicted octanol–water partition coefficient (Wildman–Crippen LogP) is 2.26. The molecule has 0 amide bonds. The number of benzene rings is 1. The van der Waals surface area contributed by atoms with Gasteiger partial charge in [-0.3, -0.25) is 4.90 Å². The normalized spacial score (nSPS) is 18.2. The van der Waals surface area contributed by atoms with Gasteiger partial charge in [0.15, 0.2) is 0 Å². The molecule has 2 heterocycles. The number of hydrogen-bond donors (Lipinski definition) is 0. The fourth-order valence-electron chi connectivity index (χ4n) is 2.64. The van der Waals surface area contributed by atoms with Crippen LogP contribution in [0.1, 0.15) is 24.7 Å². The number of aryl methyl sites for hydroxylation is 1. The van der Waals surface area contributed by atoms with Crippen molar-refractivity contribution in [2.24, 2.45) is 0 Å². The fourth-order valence-corrected chi connectivity index (χ4v) is 2.64. The number of para-hydroxylation sites is 1. The van der Waals surface area contributed by atoms with Crippen LogP contribution in [0, 0.1) is 6.92 Å². The molecule has 0 N–H and O–H groups in total. The molecular weight excluding hydrogens is 252 g/mol. The van der Waals surface area contributed by atoms with Gasteiger partial charge in [-0.25, -0.2) is 0 Å². The molecule has 1 aliphatic heterocycles. The van der Waals surface area contributed by atoms with Crippen molar-refractivity contribution in [3.05, 3.63) is 42.1 Å². The molecule has 0 spiro atoms. The summed E-state index contributed by atoms with van der Waals surface area (Å²) in [6, 6.07) is 10.8. The zero-order valence-corrected chi connectivity index (χ0v) is 12.0. The summed E-state index contributed by atoms with van der Waals surface area (Å²) in [5, 5.41) is 8.04. The summed E-state index contributed by atoms with van der Waals surface area (Å²) >= 11 is 0. The highest BCUT2D eigenvalue weighted by Gasteiger charge is 2.25. The van der Waals surface area contributed by atoms with E-state index >= 15 is 0 Å². The van der Waals surface area contributed by atoms with Gasteiger partial charge in [-0.1, -0.05) is 18.2 Å². The lowest BCUT2D eigenvalue weighted by molar-refractivity contribution is 0.172. The van der Waals surface area contributed by atoms with Crippen LogP contribution in [0.5, 0.6) is 0 Å². The lowest BCUT2D eigenvalue weighted by atomic mass is 10.2. The van der Waals surface area contributed by atoms with Crippen molar-refractivity contribution < 1.29 is 4.42 Å². The zero-order valence-electron chi connectivity index (χ0n) is 12.0. The van der Waals surface area contributed by atoms with Gasteiger partial charge in [-0.2, -0.15) is 0 Å². The highest BCUT2D eigenvalue weighted by molar-refractivity contribution is 5.46. The summed E-state index contributed by atoms with van der Waals surface area (Å²) < 4.78 is 5.53. The molecule has 1 aromatic carbocycles. The van der Waals surface area contributed by atoms with Gasteiger partial charge in [0.05, 0.1) is 6.04 Å². The van der Waals surface area contributed by atoms with Crippen molar-refractivity contribution in [2.45, 2.75) is 19.9 Å². The Morgan fingerprint density at radius 2 is 1.75 bits per heavy atom. The molecule has 0 radical (unpaired) electrons. The SMILES string of the molecule is Cc1nnc([C@H](C)N2CCN(c3ccccc3)CC2)o1. The average Bonchev–Trinajstić information content (AvgIpc) is 2.94. The van der Waals surface area contributed by atoms with Crippen molar-refractivity contribution in [1.82, 2.24) is 15.1 Å². The van der Waals surface area contributed by atoms with E-state index in [4.69, 9.17) is 4.42 Å². The average molecular weight is 272 g/mol. The van der Waals surface area contributed by atoms with Gasteiger partial charge in [0, 0.05) is 38.8 Å². The van der Waals surface area contributed by atoms with Crippen LogP contribution in [0.25, 0.3) is 0 Å². The van der Waals surface area contributed by atoms with Crippen LogP contribution in [0.3, 0.4) is 0 Å². The van der Waals surface area contributed by atoms with E-state index in [2.05, 4.69) is 57.3 Å². The first-order valence-corrected chi connectivity index (χ1v) is 7.08. The Morgan fingerprint density at radius 1 is 1.05 bits per heavy atom. The van der Waals surface area contributed by atoms with Crippen molar-refractivity contribution in [1.29, 1.82) is 0 Å². The summed E-state index contributed by atoms with van der Waals surface area (Å²) in [7, 11) is 0. The Morgan fingerprint density at radius 3 is 2.35 bits per heavy atom. The number of nitrogens with zero attached hydrogens (tertiary/aromatic N) is 4. The van der Waals surface area contributed by atoms with Gasteiger partial charge in [0.1, 0.15) is 0 Å². The van der Waals surface area contributed by atoms with Gasteiger partial charge in [0.25, 0.3) is 0 Å². The third-order valence-electron chi connectivity index (χ3n) is 3.88. The first kappa shape index (κ1) is 13.1. The Balaban J connectivity index is 1.61. The largest absolute Gasteiger partial charge is 0.424 e. The molecule has 1 aliphatic rings. The van der Waals surface area contributed by atoms with E-state index in [1.165, 1.54) is 5.69 Å². The minimum atomic E-state index is 0.189. The maximum absolute atomic E-state index is 5.53. The number of rotatable bonds is 3. The third-order valence-corrected chi connectivity index (χ3v) is 3.88. The van der Waals surface area contributed by atoms with E-state index < -0.39 is 0 Å². The van der Waals surface area contributed by atoms with E-state index in [1.807, 2.05) is 6.92 Å². The summed E-state index contributed by atoms with van der Waals surface area (Å²) in [5.41, 5.74) is 1.30. The smallest absolute Gasteiger partial charge is 0.233 e. The van der Waals surface area contributed by atoms with Crippen LogP contribution in [-0.2, 0) is 0 Å². The first-order chi connectivity index (χ1) is 9.74. The molecular formula is C15H20N4O. The monoisotopic (exact) mass is 272 g/mol. The minimum Gasteiger partial charge on any atom is -0.424 e. The maximum atomic E-state index is 5.53. The van der Waals surface area contributed by atoms with E-state index in [9.17, 15) is 0 Å². The van der Waals surface area contributed by atoms with E-state index in [1.54, 1.807) is 0 Å². The molecule has 0 unspecified atom stereocenters. The lowest BCUT2D eigenvalue weighted by Gasteiger charge is -2.38. The molecule has 3 rings (SSSR count). The highest BCUT2D eigenvalue weighted by atomic mass is 16.4. The quantitative estimate of drug-likeness (QED) is 0.857. The second-order valence-electron chi connectivity index (χ2n) is 5.19. The summed E-state index contributed by atoms with van der Waals surface area (Å²) in [6.45, 7) is 8.04. The first-order valence-electron chi connectivity index (χ1n) is 7.08. The van der Waals surface area contributed by atoms with Crippen LogP contribution in [0.2, 0.25) is 0 Å². The van der Waals surface area contributed by atoms with E-state index in [0.29, 0.717) is 5.89 Å². The van der Waals surface area contributed by atoms with Crippen LogP contribution in [-0.4, -0.2) is 41.3 Å². The molecule has 0 saturated carbocycles.